The Morgan fingerprint density at radius 3 is 2.41 bits per heavy atom. The molecule has 8 nitrogen and oxygen atoms in total. The first-order valence-electron chi connectivity index (χ1n) is 8.31. The number of benzene rings is 2. The van der Waals surface area contributed by atoms with Crippen LogP contribution in [0.4, 0.5) is 0 Å². The van der Waals surface area contributed by atoms with E-state index in [1.807, 2.05) is 6.07 Å². The van der Waals surface area contributed by atoms with Crippen LogP contribution in [0.2, 0.25) is 0 Å². The van der Waals surface area contributed by atoms with Gasteiger partial charge >= 0.3 is 0 Å². The summed E-state index contributed by atoms with van der Waals surface area (Å²) in [6.45, 7) is 0. The minimum atomic E-state index is -4.06. The zero-order valence-corrected chi connectivity index (χ0v) is 16.4. The van der Waals surface area contributed by atoms with Crippen LogP contribution in [-0.4, -0.2) is 27.6 Å². The summed E-state index contributed by atoms with van der Waals surface area (Å²) in [7, 11) is -1.22. The third-order valence-electron chi connectivity index (χ3n) is 4.31. The average Bonchev–Trinajstić information content (AvgIpc) is 2.72. The Hall–Kier alpha value is -3.61. The lowest BCUT2D eigenvalue weighted by Gasteiger charge is -2.12. The maximum Gasteiger partial charge on any atom is 0.266 e. The molecular formula is C20H17N3O5S. The lowest BCUT2D eigenvalue weighted by molar-refractivity contribution is 0.403. The molecule has 148 valence electrons. The molecule has 0 saturated heterocycles. The van der Waals surface area contributed by atoms with E-state index in [2.05, 4.69) is 4.98 Å². The van der Waals surface area contributed by atoms with E-state index >= 15 is 0 Å². The molecule has 29 heavy (non-hydrogen) atoms. The van der Waals surface area contributed by atoms with Crippen LogP contribution < -0.4 is 20.2 Å². The number of aromatic amines is 1. The second kappa shape index (κ2) is 7.79. The molecule has 3 aromatic rings. The second-order valence-corrected chi connectivity index (χ2v) is 7.59. The molecule has 0 aliphatic heterocycles. The van der Waals surface area contributed by atoms with Crippen molar-refractivity contribution >= 4 is 10.0 Å². The summed E-state index contributed by atoms with van der Waals surface area (Å²) in [5.41, 5.74) is 1.03. The predicted octanol–water partition coefficient (Wildman–Crippen LogP) is 2.25. The van der Waals surface area contributed by atoms with Crippen LogP contribution in [0.15, 0.2) is 58.2 Å². The number of nitrogens with two attached hydrogens (primary N) is 1. The molecule has 0 fully saturated rings. The summed E-state index contributed by atoms with van der Waals surface area (Å²) < 4.78 is 34.0. The van der Waals surface area contributed by atoms with Gasteiger partial charge in [0, 0.05) is 11.3 Å². The van der Waals surface area contributed by atoms with Crippen molar-refractivity contribution in [2.24, 2.45) is 5.14 Å². The Bertz CT molecular complexity index is 1290. The number of hydrogen-bond donors (Lipinski definition) is 2. The van der Waals surface area contributed by atoms with Gasteiger partial charge in [-0.15, -0.1) is 0 Å². The molecule has 0 amide bonds. The number of aromatic nitrogens is 1. The number of hydrogen-bond acceptors (Lipinski definition) is 6. The number of ether oxygens (including phenoxy) is 2. The number of methoxy groups -OCH3 is 2. The van der Waals surface area contributed by atoms with Gasteiger partial charge in [0.15, 0.2) is 0 Å². The van der Waals surface area contributed by atoms with Gasteiger partial charge in [-0.2, -0.15) is 5.26 Å². The van der Waals surface area contributed by atoms with Crippen LogP contribution in [-0.2, 0) is 10.0 Å². The number of nitrogens with zero attached hydrogens (tertiary/aromatic N) is 1. The Morgan fingerprint density at radius 1 is 1.03 bits per heavy atom. The molecule has 0 radical (unpaired) electrons. The van der Waals surface area contributed by atoms with Crippen molar-refractivity contribution in [2.45, 2.75) is 4.90 Å². The number of sulfonamides is 1. The van der Waals surface area contributed by atoms with E-state index in [0.29, 0.717) is 28.1 Å². The molecule has 0 saturated carbocycles. The van der Waals surface area contributed by atoms with E-state index in [-0.39, 0.29) is 16.2 Å². The molecule has 0 atom stereocenters. The van der Waals surface area contributed by atoms with E-state index in [1.54, 1.807) is 36.4 Å². The van der Waals surface area contributed by atoms with Crippen LogP contribution in [0.3, 0.4) is 0 Å². The van der Waals surface area contributed by atoms with Crippen LogP contribution in [0.5, 0.6) is 11.5 Å². The highest BCUT2D eigenvalue weighted by Crippen LogP contribution is 2.31. The highest BCUT2D eigenvalue weighted by Gasteiger charge is 2.18. The van der Waals surface area contributed by atoms with E-state index in [0.717, 1.165) is 0 Å². The molecule has 3 N–H and O–H groups in total. The number of nitrogens with one attached hydrogen (secondary N) is 1. The summed E-state index contributed by atoms with van der Waals surface area (Å²) in [5, 5.41) is 14.7. The molecule has 3 rings (SSSR count). The Labute approximate surface area is 167 Å². The van der Waals surface area contributed by atoms with Gasteiger partial charge in [0.2, 0.25) is 10.0 Å². The lowest BCUT2D eigenvalue weighted by Crippen LogP contribution is -2.15. The SMILES string of the molecule is COc1cccc(-c2cc(-c3ccc(OC)c(S(N)(=O)=O)c3)[nH]c(=O)c2C#N)c1. The third kappa shape index (κ3) is 3.99. The second-order valence-electron chi connectivity index (χ2n) is 6.06. The van der Waals surface area contributed by atoms with Crippen LogP contribution in [0, 0.1) is 11.3 Å². The van der Waals surface area contributed by atoms with Crippen molar-refractivity contribution in [3.63, 3.8) is 0 Å². The first-order valence-corrected chi connectivity index (χ1v) is 9.86. The van der Waals surface area contributed by atoms with Gasteiger partial charge in [-0.1, -0.05) is 12.1 Å². The quantitative estimate of drug-likeness (QED) is 0.661. The Kier molecular flexibility index (Phi) is 5.41. The fourth-order valence-electron chi connectivity index (χ4n) is 2.91. The van der Waals surface area contributed by atoms with Crippen LogP contribution in [0.25, 0.3) is 22.4 Å². The van der Waals surface area contributed by atoms with Crippen molar-refractivity contribution in [2.75, 3.05) is 14.2 Å². The summed E-state index contributed by atoms with van der Waals surface area (Å²) in [4.78, 5) is 14.9. The molecule has 0 bridgehead atoms. The van der Waals surface area contributed by atoms with Crippen LogP contribution >= 0.6 is 0 Å². The molecule has 9 heteroatoms. The topological polar surface area (TPSA) is 135 Å². The summed E-state index contributed by atoms with van der Waals surface area (Å²) in [5.74, 6) is 0.648. The number of H-pyrrole nitrogens is 1. The Balaban J connectivity index is 2.26. The van der Waals surface area contributed by atoms with E-state index < -0.39 is 15.6 Å². The van der Waals surface area contributed by atoms with Gasteiger partial charge in [-0.3, -0.25) is 4.79 Å². The smallest absolute Gasteiger partial charge is 0.266 e. The highest BCUT2D eigenvalue weighted by molar-refractivity contribution is 7.89. The minimum Gasteiger partial charge on any atom is -0.497 e. The number of pyridine rings is 1. The van der Waals surface area contributed by atoms with Crippen molar-refractivity contribution in [1.29, 1.82) is 5.26 Å². The van der Waals surface area contributed by atoms with Crippen molar-refractivity contribution in [1.82, 2.24) is 4.98 Å². The predicted molar refractivity (Wildman–Crippen MR) is 107 cm³/mol. The maximum absolute atomic E-state index is 12.5. The first-order chi connectivity index (χ1) is 13.8. The number of nitriles is 1. The molecule has 1 aromatic heterocycles. The van der Waals surface area contributed by atoms with Crippen molar-refractivity contribution < 1.29 is 17.9 Å². The van der Waals surface area contributed by atoms with Crippen molar-refractivity contribution in [3.05, 3.63) is 64.4 Å². The van der Waals surface area contributed by atoms with Gasteiger partial charge in [0.1, 0.15) is 28.0 Å². The maximum atomic E-state index is 12.5. The highest BCUT2D eigenvalue weighted by atomic mass is 32.2. The average molecular weight is 411 g/mol. The standard InChI is InChI=1S/C20H17N3O5S/c1-27-14-5-3-4-12(8-14)15-10-17(23-20(24)16(15)11-21)13-6-7-18(28-2)19(9-13)29(22,25)26/h3-10H,1-2H3,(H,23,24)(H2,22,25,26). The zero-order valence-electron chi connectivity index (χ0n) is 15.6. The summed E-state index contributed by atoms with van der Waals surface area (Å²) >= 11 is 0. The van der Waals surface area contributed by atoms with Gasteiger partial charge in [-0.25, -0.2) is 13.6 Å². The van der Waals surface area contributed by atoms with E-state index in [1.165, 1.54) is 26.4 Å². The third-order valence-corrected chi connectivity index (χ3v) is 5.24. The largest absolute Gasteiger partial charge is 0.497 e. The van der Waals surface area contributed by atoms with Crippen molar-refractivity contribution in [3.8, 4) is 40.0 Å². The zero-order chi connectivity index (χ0) is 21.2. The summed E-state index contributed by atoms with van der Waals surface area (Å²) in [6, 6.07) is 14.8. The molecule has 0 aliphatic carbocycles. The monoisotopic (exact) mass is 411 g/mol. The van der Waals surface area contributed by atoms with Crippen LogP contribution in [0.1, 0.15) is 5.56 Å². The van der Waals surface area contributed by atoms with E-state index in [4.69, 9.17) is 14.6 Å². The number of rotatable bonds is 5. The lowest BCUT2D eigenvalue weighted by atomic mass is 9.99. The number of primary sulfonamides is 1. The molecule has 2 aromatic carbocycles. The van der Waals surface area contributed by atoms with Gasteiger partial charge in [-0.05, 0) is 47.5 Å². The molecule has 1 heterocycles. The minimum absolute atomic E-state index is 0.0674. The van der Waals surface area contributed by atoms with E-state index in [9.17, 15) is 18.5 Å². The summed E-state index contributed by atoms with van der Waals surface area (Å²) in [6.07, 6.45) is 0. The first kappa shape index (κ1) is 20.1. The van der Waals surface area contributed by atoms with Gasteiger partial charge in [0.05, 0.1) is 14.2 Å². The fourth-order valence-corrected chi connectivity index (χ4v) is 3.63. The normalized spacial score (nSPS) is 11.0. The Morgan fingerprint density at radius 2 is 1.79 bits per heavy atom. The fraction of sp³-hybridized carbons (Fsp3) is 0.100. The molecule has 0 spiro atoms. The molecule has 0 unspecified atom stereocenters. The van der Waals surface area contributed by atoms with Gasteiger partial charge in [0.25, 0.3) is 5.56 Å². The van der Waals surface area contributed by atoms with Gasteiger partial charge < -0.3 is 14.5 Å². The molecule has 0 aliphatic rings. The molecular weight excluding hydrogens is 394 g/mol.